The van der Waals surface area contributed by atoms with Crippen molar-refractivity contribution in [3.63, 3.8) is 0 Å². The van der Waals surface area contributed by atoms with Crippen LogP contribution in [-0.2, 0) is 4.79 Å². The second-order valence-electron chi connectivity index (χ2n) is 3.24. The van der Waals surface area contributed by atoms with Crippen LogP contribution >= 0.6 is 31.9 Å². The second kappa shape index (κ2) is 6.82. The summed E-state index contributed by atoms with van der Waals surface area (Å²) in [7, 11) is 0. The number of carboxylic acids is 1. The lowest BCUT2D eigenvalue weighted by Crippen LogP contribution is -2.16. The van der Waals surface area contributed by atoms with E-state index in [0.29, 0.717) is 0 Å². The van der Waals surface area contributed by atoms with E-state index in [2.05, 4.69) is 38.8 Å². The van der Waals surface area contributed by atoms with Gasteiger partial charge >= 0.3 is 5.97 Å². The Bertz CT molecular complexity index is 158. The predicted molar refractivity (Wildman–Crippen MR) is 61.6 cm³/mol. The third-order valence-electron chi connectivity index (χ3n) is 1.81. The molecule has 0 bridgehead atoms. The van der Waals surface area contributed by atoms with E-state index in [-0.39, 0.29) is 6.42 Å². The van der Waals surface area contributed by atoms with Gasteiger partial charge in [-0.3, -0.25) is 4.79 Å². The van der Waals surface area contributed by atoms with Crippen LogP contribution in [0.4, 0.5) is 0 Å². The van der Waals surface area contributed by atoms with E-state index >= 15 is 0 Å². The summed E-state index contributed by atoms with van der Waals surface area (Å²) < 4.78 is -0.403. The number of rotatable bonds is 7. The van der Waals surface area contributed by atoms with Gasteiger partial charge in [0, 0.05) is 0 Å². The van der Waals surface area contributed by atoms with Crippen LogP contribution in [0.2, 0.25) is 0 Å². The Balaban J connectivity index is 3.56. The molecule has 0 aliphatic carbocycles. The summed E-state index contributed by atoms with van der Waals surface area (Å²) >= 11 is 6.74. The van der Waals surface area contributed by atoms with E-state index in [4.69, 9.17) is 5.11 Å². The number of carboxylic acid groups (broad SMARTS) is 1. The molecule has 0 radical (unpaired) electrons. The predicted octanol–water partition coefficient (Wildman–Crippen LogP) is 3.92. The molecule has 1 N–H and O–H groups in total. The lowest BCUT2D eigenvalue weighted by molar-refractivity contribution is -0.137. The molecule has 0 fully saturated rings. The number of hydrogen-bond donors (Lipinski definition) is 1. The maximum Gasteiger partial charge on any atom is 0.305 e. The molecular formula is C9H16Br2O2. The molecule has 13 heavy (non-hydrogen) atoms. The smallest absolute Gasteiger partial charge is 0.305 e. The van der Waals surface area contributed by atoms with Gasteiger partial charge in [-0.2, -0.15) is 0 Å². The molecule has 0 aliphatic rings. The zero-order chi connectivity index (χ0) is 10.3. The van der Waals surface area contributed by atoms with Gasteiger partial charge in [0.25, 0.3) is 0 Å². The fourth-order valence-electron chi connectivity index (χ4n) is 1.12. The van der Waals surface area contributed by atoms with Crippen molar-refractivity contribution in [2.24, 2.45) is 0 Å². The molecule has 0 rings (SSSR count). The van der Waals surface area contributed by atoms with Crippen LogP contribution in [0.15, 0.2) is 0 Å². The number of alkyl halides is 2. The molecule has 0 saturated carbocycles. The highest BCUT2D eigenvalue weighted by Crippen LogP contribution is 2.35. The molecule has 0 aromatic heterocycles. The average Bonchev–Trinajstić information content (AvgIpc) is 1.95. The summed E-state index contributed by atoms with van der Waals surface area (Å²) in [6.07, 6.45) is 5.66. The van der Waals surface area contributed by atoms with E-state index in [1.165, 1.54) is 19.3 Å². The first kappa shape index (κ1) is 13.4. The Morgan fingerprint density at radius 2 is 1.92 bits per heavy atom. The number of hydrogen-bond acceptors (Lipinski definition) is 1. The van der Waals surface area contributed by atoms with Gasteiger partial charge in [0.1, 0.15) is 0 Å². The van der Waals surface area contributed by atoms with Crippen LogP contribution in [0.3, 0.4) is 0 Å². The maximum absolute atomic E-state index is 10.4. The Kier molecular flexibility index (Phi) is 7.05. The summed E-state index contributed by atoms with van der Waals surface area (Å²) in [5, 5.41) is 8.59. The van der Waals surface area contributed by atoms with Crippen molar-refractivity contribution in [3.05, 3.63) is 0 Å². The Morgan fingerprint density at radius 1 is 1.31 bits per heavy atom. The van der Waals surface area contributed by atoms with Crippen LogP contribution in [0.1, 0.15) is 45.4 Å². The molecular weight excluding hydrogens is 300 g/mol. The quantitative estimate of drug-likeness (QED) is 0.571. The number of unbranched alkanes of at least 4 members (excludes halogenated alkanes) is 3. The molecule has 0 aromatic rings. The van der Waals surface area contributed by atoms with Crippen LogP contribution < -0.4 is 0 Å². The molecule has 4 heteroatoms. The van der Waals surface area contributed by atoms with E-state index in [9.17, 15) is 4.79 Å². The van der Waals surface area contributed by atoms with Gasteiger partial charge in [0.2, 0.25) is 0 Å². The fraction of sp³-hybridized carbons (Fsp3) is 0.889. The van der Waals surface area contributed by atoms with Gasteiger partial charge < -0.3 is 5.11 Å². The Morgan fingerprint density at radius 3 is 2.38 bits per heavy atom. The Hall–Kier alpha value is 0.430. The molecule has 0 amide bonds. The van der Waals surface area contributed by atoms with Crippen molar-refractivity contribution in [1.29, 1.82) is 0 Å². The minimum absolute atomic E-state index is 0.124. The first-order chi connectivity index (χ1) is 5.98. The van der Waals surface area contributed by atoms with Crippen LogP contribution in [0.5, 0.6) is 0 Å². The van der Waals surface area contributed by atoms with Crippen molar-refractivity contribution < 1.29 is 9.90 Å². The summed E-state index contributed by atoms with van der Waals surface area (Å²) in [6.45, 7) is 2.16. The van der Waals surface area contributed by atoms with E-state index < -0.39 is 9.20 Å². The number of aliphatic carboxylic acids is 1. The lowest BCUT2D eigenvalue weighted by Gasteiger charge is -2.17. The molecule has 0 aliphatic heterocycles. The number of carbonyl (C=O) groups is 1. The highest BCUT2D eigenvalue weighted by atomic mass is 79.9. The van der Waals surface area contributed by atoms with Crippen molar-refractivity contribution in [1.82, 2.24) is 0 Å². The van der Waals surface area contributed by atoms with E-state index in [1.807, 2.05) is 0 Å². The number of halogens is 2. The monoisotopic (exact) mass is 314 g/mol. The van der Waals surface area contributed by atoms with Gasteiger partial charge in [0.05, 0.1) is 9.65 Å². The first-order valence-electron chi connectivity index (χ1n) is 4.57. The average molecular weight is 316 g/mol. The minimum atomic E-state index is -0.774. The SMILES string of the molecule is CCCCCCC(Br)(Br)CC(=O)O. The van der Waals surface area contributed by atoms with Crippen molar-refractivity contribution in [2.75, 3.05) is 0 Å². The van der Waals surface area contributed by atoms with Crippen LogP contribution in [0.25, 0.3) is 0 Å². The summed E-state index contributed by atoms with van der Waals surface area (Å²) in [6, 6.07) is 0. The fourth-order valence-corrected chi connectivity index (χ4v) is 2.16. The highest BCUT2D eigenvalue weighted by Gasteiger charge is 2.25. The van der Waals surface area contributed by atoms with Gasteiger partial charge in [-0.1, -0.05) is 64.5 Å². The molecule has 78 valence electrons. The molecule has 2 nitrogen and oxygen atoms in total. The van der Waals surface area contributed by atoms with Crippen molar-refractivity contribution >= 4 is 37.8 Å². The van der Waals surface area contributed by atoms with Crippen LogP contribution in [0, 0.1) is 0 Å². The zero-order valence-electron chi connectivity index (χ0n) is 7.85. The maximum atomic E-state index is 10.4. The van der Waals surface area contributed by atoms with Gasteiger partial charge in [0.15, 0.2) is 0 Å². The molecule has 0 spiro atoms. The molecule has 0 heterocycles. The van der Waals surface area contributed by atoms with Crippen molar-refractivity contribution in [2.45, 2.75) is 48.7 Å². The highest BCUT2D eigenvalue weighted by molar-refractivity contribution is 9.25. The van der Waals surface area contributed by atoms with Crippen LogP contribution in [-0.4, -0.2) is 14.3 Å². The van der Waals surface area contributed by atoms with Gasteiger partial charge in [-0.25, -0.2) is 0 Å². The van der Waals surface area contributed by atoms with E-state index in [1.54, 1.807) is 0 Å². The third kappa shape index (κ3) is 8.75. The second-order valence-corrected chi connectivity index (χ2v) is 7.34. The van der Waals surface area contributed by atoms with Gasteiger partial charge in [-0.05, 0) is 6.42 Å². The topological polar surface area (TPSA) is 37.3 Å². The van der Waals surface area contributed by atoms with Gasteiger partial charge in [-0.15, -0.1) is 0 Å². The zero-order valence-corrected chi connectivity index (χ0v) is 11.0. The summed E-state index contributed by atoms with van der Waals surface area (Å²) in [4.78, 5) is 10.4. The summed E-state index contributed by atoms with van der Waals surface area (Å²) in [5.41, 5.74) is 0. The minimum Gasteiger partial charge on any atom is -0.481 e. The Labute approximate surface area is 96.3 Å². The largest absolute Gasteiger partial charge is 0.481 e. The molecule has 0 saturated heterocycles. The first-order valence-corrected chi connectivity index (χ1v) is 6.16. The normalized spacial score (nSPS) is 11.6. The summed E-state index contributed by atoms with van der Waals surface area (Å²) in [5.74, 6) is -0.774. The third-order valence-corrected chi connectivity index (χ3v) is 3.16. The van der Waals surface area contributed by atoms with Crippen molar-refractivity contribution in [3.8, 4) is 0 Å². The standard InChI is InChI=1S/C9H16Br2O2/c1-2-3-4-5-6-9(10,11)7-8(12)13/h2-7H2,1H3,(H,12,13). The van der Waals surface area contributed by atoms with E-state index in [0.717, 1.165) is 12.8 Å². The molecule has 0 atom stereocenters. The molecule has 0 unspecified atom stereocenters. The molecule has 0 aromatic carbocycles. The lowest BCUT2D eigenvalue weighted by atomic mass is 10.1.